The van der Waals surface area contributed by atoms with E-state index in [1.54, 1.807) is 0 Å². The highest BCUT2D eigenvalue weighted by atomic mass is 32.1. The number of hydrogen-bond acceptors (Lipinski definition) is 4. The largest absolute Gasteiger partial charge is 0.490 e. The monoisotopic (exact) mass is 574 g/mol. The number of hydrogen-bond donors (Lipinski definition) is 2. The van der Waals surface area contributed by atoms with Crippen molar-refractivity contribution in [1.29, 1.82) is 0 Å². The van der Waals surface area contributed by atoms with Crippen molar-refractivity contribution < 1.29 is 27.9 Å². The van der Waals surface area contributed by atoms with Gasteiger partial charge in [0.15, 0.2) is 0 Å². The van der Waals surface area contributed by atoms with Crippen molar-refractivity contribution in [2.75, 3.05) is 19.6 Å². The lowest BCUT2D eigenvalue weighted by molar-refractivity contribution is -0.192. The summed E-state index contributed by atoms with van der Waals surface area (Å²) in [5.74, 6) is -2.19. The summed E-state index contributed by atoms with van der Waals surface area (Å²) < 4.78 is 31.7. The fourth-order valence-corrected chi connectivity index (χ4v) is 5.45. The number of alkyl halides is 3. The van der Waals surface area contributed by atoms with Crippen LogP contribution in [0.15, 0.2) is 60.0 Å². The summed E-state index contributed by atoms with van der Waals surface area (Å²) in [6.07, 6.45) is -2.95. The second-order valence-corrected chi connectivity index (χ2v) is 12.0. The highest BCUT2D eigenvalue weighted by Gasteiger charge is 2.38. The van der Waals surface area contributed by atoms with Gasteiger partial charge in [0.2, 0.25) is 0 Å². The van der Waals surface area contributed by atoms with E-state index in [0.717, 1.165) is 49.5 Å². The maximum atomic E-state index is 12.8. The number of rotatable bonds is 7. The van der Waals surface area contributed by atoms with Crippen molar-refractivity contribution in [3.8, 4) is 11.1 Å². The maximum absolute atomic E-state index is 12.8. The van der Waals surface area contributed by atoms with E-state index >= 15 is 0 Å². The quantitative estimate of drug-likeness (QED) is 0.314. The molecule has 4 rings (SSSR count). The molecule has 3 aromatic rings. The number of carbonyl (C=O) groups excluding carboxylic acids is 1. The highest BCUT2D eigenvalue weighted by Crippen LogP contribution is 2.29. The predicted molar refractivity (Wildman–Crippen MR) is 154 cm³/mol. The van der Waals surface area contributed by atoms with E-state index in [2.05, 4.69) is 91.8 Å². The molecule has 5 nitrogen and oxygen atoms in total. The Balaban J connectivity index is 0.000000559. The number of amides is 1. The number of halogens is 3. The van der Waals surface area contributed by atoms with E-state index in [-0.39, 0.29) is 11.3 Å². The molecule has 9 heteroatoms. The van der Waals surface area contributed by atoms with Crippen molar-refractivity contribution in [3.63, 3.8) is 0 Å². The summed E-state index contributed by atoms with van der Waals surface area (Å²) in [6.45, 7) is 12.8. The van der Waals surface area contributed by atoms with Crippen molar-refractivity contribution in [2.45, 2.75) is 58.7 Å². The Morgan fingerprint density at radius 2 is 1.73 bits per heavy atom. The first-order chi connectivity index (χ1) is 18.8. The van der Waals surface area contributed by atoms with Gasteiger partial charge in [0.05, 0.1) is 4.88 Å². The van der Waals surface area contributed by atoms with Crippen LogP contribution < -0.4 is 5.32 Å². The number of carboxylic acids is 1. The average molecular weight is 575 g/mol. The molecule has 2 N–H and O–H groups in total. The summed E-state index contributed by atoms with van der Waals surface area (Å²) in [4.78, 5) is 25.0. The highest BCUT2D eigenvalue weighted by molar-refractivity contribution is 7.12. The van der Waals surface area contributed by atoms with Crippen LogP contribution in [0, 0.1) is 5.92 Å². The van der Waals surface area contributed by atoms with Crippen molar-refractivity contribution in [2.24, 2.45) is 5.92 Å². The van der Waals surface area contributed by atoms with E-state index in [1.807, 2.05) is 6.07 Å². The third kappa shape index (κ3) is 8.93. The molecule has 2 aromatic carbocycles. The summed E-state index contributed by atoms with van der Waals surface area (Å²) in [5, 5.41) is 12.4. The van der Waals surface area contributed by atoms with Crippen LogP contribution in [0.4, 0.5) is 13.2 Å². The van der Waals surface area contributed by atoms with Gasteiger partial charge in [0.25, 0.3) is 5.91 Å². The Kier molecular flexibility index (Phi) is 10.6. The summed E-state index contributed by atoms with van der Waals surface area (Å²) in [5.41, 5.74) is 6.64. The number of carbonyl (C=O) groups is 2. The molecule has 2 heterocycles. The molecule has 0 saturated carbocycles. The van der Waals surface area contributed by atoms with Gasteiger partial charge in [0, 0.05) is 19.6 Å². The molecule has 0 spiro atoms. The van der Waals surface area contributed by atoms with Crippen LogP contribution in [0.1, 0.15) is 60.5 Å². The Hall–Kier alpha value is -3.17. The fraction of sp³-hybridized carbons (Fsp3) is 0.419. The summed E-state index contributed by atoms with van der Waals surface area (Å²) in [6, 6.07) is 19.5. The van der Waals surface area contributed by atoms with Crippen molar-refractivity contribution in [1.82, 2.24) is 10.2 Å². The molecule has 1 unspecified atom stereocenters. The fourth-order valence-electron chi connectivity index (χ4n) is 4.62. The van der Waals surface area contributed by atoms with Gasteiger partial charge >= 0.3 is 12.1 Å². The Bertz CT molecular complexity index is 1280. The van der Waals surface area contributed by atoms with Crippen LogP contribution in [0.3, 0.4) is 0 Å². The van der Waals surface area contributed by atoms with E-state index < -0.39 is 12.1 Å². The normalized spacial score (nSPS) is 15.8. The lowest BCUT2D eigenvalue weighted by atomic mass is 9.87. The minimum Gasteiger partial charge on any atom is -0.475 e. The van der Waals surface area contributed by atoms with Gasteiger partial charge in [-0.15, -0.1) is 11.3 Å². The third-order valence-corrected chi connectivity index (χ3v) is 7.85. The topological polar surface area (TPSA) is 69.6 Å². The molecule has 1 saturated heterocycles. The molecule has 40 heavy (non-hydrogen) atoms. The molecule has 1 amide bonds. The lowest BCUT2D eigenvalue weighted by Gasteiger charge is -2.20. The molecular formula is C31H37F3N2O3S. The van der Waals surface area contributed by atoms with Crippen LogP contribution in [0.2, 0.25) is 0 Å². The molecule has 1 fully saturated rings. The number of aryl methyl sites for hydroxylation is 1. The number of carboxylic acid groups (broad SMARTS) is 1. The standard InChI is InChI=1S/C29H36N2OS.C2HF3O2/c1-5-23-8-6-7-9-26(23)24-16-27(33-20-24)28(32)30-17-22-14-15-31(19-22)18-21-10-12-25(13-11-21)29(2,3)4;3-2(4,5)1(6)7/h6-13,16,20,22H,5,14-15,17-19H2,1-4H3,(H,30,32);(H,6,7). The molecule has 0 bridgehead atoms. The first kappa shape index (κ1) is 31.4. The first-order valence-electron chi connectivity index (χ1n) is 13.3. The van der Waals surface area contributed by atoms with Gasteiger partial charge in [-0.3, -0.25) is 9.69 Å². The van der Waals surface area contributed by atoms with Crippen LogP contribution in [-0.2, 0) is 23.2 Å². The Morgan fingerprint density at radius 1 is 1.07 bits per heavy atom. The van der Waals surface area contributed by atoms with E-state index in [0.29, 0.717) is 5.92 Å². The van der Waals surface area contributed by atoms with Crippen LogP contribution in [0.5, 0.6) is 0 Å². The van der Waals surface area contributed by atoms with Gasteiger partial charge in [-0.2, -0.15) is 13.2 Å². The molecule has 1 aliphatic rings. The molecule has 216 valence electrons. The maximum Gasteiger partial charge on any atom is 0.490 e. The van der Waals surface area contributed by atoms with Gasteiger partial charge in [-0.05, 0) is 70.0 Å². The second kappa shape index (κ2) is 13.5. The smallest absolute Gasteiger partial charge is 0.475 e. The molecule has 0 radical (unpaired) electrons. The van der Waals surface area contributed by atoms with Crippen LogP contribution in [-0.4, -0.2) is 47.7 Å². The SMILES string of the molecule is CCc1ccccc1-c1csc(C(=O)NCC2CCN(Cc3ccc(C(C)(C)C)cc3)C2)c1.O=C(O)C(F)(F)F. The molecule has 1 atom stereocenters. The van der Waals surface area contributed by atoms with E-state index in [1.165, 1.54) is 33.6 Å². The van der Waals surface area contributed by atoms with Crippen LogP contribution in [0.25, 0.3) is 11.1 Å². The number of nitrogens with zero attached hydrogens (tertiary/aromatic N) is 1. The molecular weight excluding hydrogens is 537 g/mol. The van der Waals surface area contributed by atoms with Gasteiger partial charge < -0.3 is 10.4 Å². The third-order valence-electron chi connectivity index (χ3n) is 6.92. The van der Waals surface area contributed by atoms with Gasteiger partial charge in [0.1, 0.15) is 0 Å². The zero-order chi connectivity index (χ0) is 29.5. The van der Waals surface area contributed by atoms with E-state index in [4.69, 9.17) is 9.90 Å². The molecule has 1 aromatic heterocycles. The van der Waals surface area contributed by atoms with Crippen LogP contribution >= 0.6 is 11.3 Å². The second-order valence-electron chi connectivity index (χ2n) is 11.1. The first-order valence-corrected chi connectivity index (χ1v) is 14.2. The zero-order valence-corrected chi connectivity index (χ0v) is 24.2. The Labute approximate surface area is 238 Å². The molecule has 0 aliphatic carbocycles. The minimum absolute atomic E-state index is 0.0523. The van der Waals surface area contributed by atoms with E-state index in [9.17, 15) is 18.0 Å². The van der Waals surface area contributed by atoms with Crippen molar-refractivity contribution in [3.05, 3.63) is 81.5 Å². The zero-order valence-electron chi connectivity index (χ0n) is 23.3. The summed E-state index contributed by atoms with van der Waals surface area (Å²) in [7, 11) is 0. The van der Waals surface area contributed by atoms with Gasteiger partial charge in [-0.1, -0.05) is 76.2 Å². The molecule has 1 aliphatic heterocycles. The number of benzene rings is 2. The predicted octanol–water partition coefficient (Wildman–Crippen LogP) is 7.16. The minimum atomic E-state index is -5.08. The number of nitrogens with one attached hydrogen (secondary N) is 1. The number of thiophene rings is 1. The van der Waals surface area contributed by atoms with Gasteiger partial charge in [-0.25, -0.2) is 4.79 Å². The lowest BCUT2D eigenvalue weighted by Crippen LogP contribution is -2.30. The number of aliphatic carboxylic acids is 1. The summed E-state index contributed by atoms with van der Waals surface area (Å²) >= 11 is 1.54. The Morgan fingerprint density at radius 3 is 2.33 bits per heavy atom. The number of likely N-dealkylation sites (tertiary alicyclic amines) is 1. The average Bonchev–Trinajstić information content (AvgIpc) is 3.57. The van der Waals surface area contributed by atoms with Crippen molar-refractivity contribution >= 4 is 23.2 Å².